The van der Waals surface area contributed by atoms with Gasteiger partial charge < -0.3 is 10.8 Å². The van der Waals surface area contributed by atoms with Gasteiger partial charge in [-0.1, -0.05) is 36.4 Å². The molecular formula is C15H16FNO. The highest BCUT2D eigenvalue weighted by atomic mass is 19.1. The first-order valence-electron chi connectivity index (χ1n) is 5.82. The summed E-state index contributed by atoms with van der Waals surface area (Å²) in [4.78, 5) is 0. The van der Waals surface area contributed by atoms with E-state index in [1.165, 1.54) is 6.07 Å². The molecule has 2 rings (SSSR count). The Hall–Kier alpha value is -1.71. The van der Waals surface area contributed by atoms with E-state index in [2.05, 4.69) is 0 Å². The van der Waals surface area contributed by atoms with E-state index in [0.717, 1.165) is 0 Å². The predicted octanol–water partition coefficient (Wildman–Crippen LogP) is 2.33. The molecule has 2 aromatic rings. The zero-order chi connectivity index (χ0) is 13.2. The quantitative estimate of drug-likeness (QED) is 0.871. The molecule has 0 saturated carbocycles. The van der Waals surface area contributed by atoms with Crippen molar-refractivity contribution >= 4 is 0 Å². The molecule has 3 heteroatoms. The fourth-order valence-corrected chi connectivity index (χ4v) is 2.02. The molecule has 2 nitrogen and oxygen atoms in total. The normalized spacial score (nSPS) is 14.2. The van der Waals surface area contributed by atoms with Crippen molar-refractivity contribution in [3.05, 3.63) is 71.0 Å². The van der Waals surface area contributed by atoms with Gasteiger partial charge in [-0.2, -0.15) is 0 Å². The Morgan fingerprint density at radius 3 is 2.33 bits per heavy atom. The fraction of sp³-hybridized carbons (Fsp3) is 0.200. The molecule has 0 fully saturated rings. The number of hydrogen-bond acceptors (Lipinski definition) is 2. The number of halogens is 1. The van der Waals surface area contributed by atoms with Crippen molar-refractivity contribution in [2.75, 3.05) is 6.54 Å². The van der Waals surface area contributed by atoms with Crippen LogP contribution in [0.15, 0.2) is 48.5 Å². The van der Waals surface area contributed by atoms with Crippen molar-refractivity contribution < 1.29 is 9.50 Å². The van der Waals surface area contributed by atoms with Crippen LogP contribution in [0.25, 0.3) is 0 Å². The molecule has 0 bridgehead atoms. The van der Waals surface area contributed by atoms with Gasteiger partial charge in [-0.15, -0.1) is 0 Å². The Morgan fingerprint density at radius 2 is 1.78 bits per heavy atom. The summed E-state index contributed by atoms with van der Waals surface area (Å²) < 4.78 is 13.3. The molecule has 0 amide bonds. The van der Waals surface area contributed by atoms with Crippen LogP contribution < -0.4 is 5.73 Å². The molecule has 0 radical (unpaired) electrons. The summed E-state index contributed by atoms with van der Waals surface area (Å²) in [5.41, 5.74) is 6.25. The topological polar surface area (TPSA) is 46.2 Å². The number of benzene rings is 2. The van der Waals surface area contributed by atoms with Gasteiger partial charge in [0.15, 0.2) is 0 Å². The number of aryl methyl sites for hydroxylation is 1. The van der Waals surface area contributed by atoms with Crippen LogP contribution in [-0.4, -0.2) is 11.7 Å². The summed E-state index contributed by atoms with van der Waals surface area (Å²) in [6, 6.07) is 13.7. The molecule has 1 atom stereocenters. The summed E-state index contributed by atoms with van der Waals surface area (Å²) in [6.07, 6.45) is 0. The molecule has 1 unspecified atom stereocenters. The number of aliphatic hydroxyl groups is 1. The minimum absolute atomic E-state index is 0.0437. The van der Waals surface area contributed by atoms with Crippen molar-refractivity contribution in [3.63, 3.8) is 0 Å². The van der Waals surface area contributed by atoms with Crippen LogP contribution in [0.4, 0.5) is 4.39 Å². The summed E-state index contributed by atoms with van der Waals surface area (Å²) in [7, 11) is 0. The van der Waals surface area contributed by atoms with Gasteiger partial charge in [0.1, 0.15) is 11.4 Å². The molecule has 18 heavy (non-hydrogen) atoms. The fourth-order valence-electron chi connectivity index (χ4n) is 2.02. The van der Waals surface area contributed by atoms with Gasteiger partial charge in [0, 0.05) is 6.54 Å². The van der Waals surface area contributed by atoms with Crippen LogP contribution in [0.5, 0.6) is 0 Å². The average molecular weight is 245 g/mol. The number of rotatable bonds is 3. The summed E-state index contributed by atoms with van der Waals surface area (Å²) in [5.74, 6) is -0.286. The Kier molecular flexibility index (Phi) is 3.45. The summed E-state index contributed by atoms with van der Waals surface area (Å²) >= 11 is 0. The van der Waals surface area contributed by atoms with Gasteiger partial charge >= 0.3 is 0 Å². The molecule has 2 aromatic carbocycles. The van der Waals surface area contributed by atoms with Gasteiger partial charge in [-0.25, -0.2) is 4.39 Å². The first-order valence-corrected chi connectivity index (χ1v) is 5.82. The Balaban J connectivity index is 2.53. The van der Waals surface area contributed by atoms with E-state index in [9.17, 15) is 9.50 Å². The second-order valence-electron chi connectivity index (χ2n) is 4.39. The van der Waals surface area contributed by atoms with Gasteiger partial charge in [-0.05, 0) is 35.7 Å². The van der Waals surface area contributed by atoms with Crippen LogP contribution in [-0.2, 0) is 5.60 Å². The smallest absolute Gasteiger partial charge is 0.127 e. The van der Waals surface area contributed by atoms with E-state index in [0.29, 0.717) is 16.7 Å². The van der Waals surface area contributed by atoms with Crippen molar-refractivity contribution in [2.24, 2.45) is 5.73 Å². The Morgan fingerprint density at radius 1 is 1.11 bits per heavy atom. The van der Waals surface area contributed by atoms with Gasteiger partial charge in [0.2, 0.25) is 0 Å². The lowest BCUT2D eigenvalue weighted by Gasteiger charge is -2.28. The first kappa shape index (κ1) is 12.7. The van der Waals surface area contributed by atoms with Crippen LogP contribution in [0.3, 0.4) is 0 Å². The third kappa shape index (κ3) is 2.15. The van der Waals surface area contributed by atoms with Crippen LogP contribution in [0.2, 0.25) is 0 Å². The lowest BCUT2D eigenvalue weighted by atomic mass is 9.86. The number of hydrogen-bond donors (Lipinski definition) is 2. The molecule has 0 heterocycles. The molecule has 0 aliphatic rings. The van der Waals surface area contributed by atoms with Crippen molar-refractivity contribution in [2.45, 2.75) is 12.5 Å². The van der Waals surface area contributed by atoms with E-state index in [-0.39, 0.29) is 12.4 Å². The molecule has 0 aliphatic carbocycles. The third-order valence-electron chi connectivity index (χ3n) is 3.18. The molecule has 94 valence electrons. The largest absolute Gasteiger partial charge is 0.379 e. The zero-order valence-corrected chi connectivity index (χ0v) is 10.2. The SMILES string of the molecule is Cc1cc(C(O)(CN)c2ccccc2)ccc1F. The first-order chi connectivity index (χ1) is 8.58. The highest BCUT2D eigenvalue weighted by molar-refractivity contribution is 5.38. The zero-order valence-electron chi connectivity index (χ0n) is 10.2. The van der Waals surface area contributed by atoms with Gasteiger partial charge in [0.05, 0.1) is 0 Å². The van der Waals surface area contributed by atoms with Gasteiger partial charge in [-0.3, -0.25) is 0 Å². The van der Waals surface area contributed by atoms with E-state index < -0.39 is 5.60 Å². The van der Waals surface area contributed by atoms with Crippen molar-refractivity contribution in [3.8, 4) is 0 Å². The molecule has 0 saturated heterocycles. The van der Waals surface area contributed by atoms with Crippen molar-refractivity contribution in [1.29, 1.82) is 0 Å². The van der Waals surface area contributed by atoms with E-state index in [4.69, 9.17) is 5.73 Å². The lowest BCUT2D eigenvalue weighted by molar-refractivity contribution is 0.0901. The molecular weight excluding hydrogens is 229 g/mol. The average Bonchev–Trinajstić information content (AvgIpc) is 2.42. The minimum Gasteiger partial charge on any atom is -0.379 e. The maximum absolute atomic E-state index is 13.3. The molecule has 0 aromatic heterocycles. The van der Waals surface area contributed by atoms with Crippen LogP contribution >= 0.6 is 0 Å². The summed E-state index contributed by atoms with van der Waals surface area (Å²) in [5, 5.41) is 10.7. The van der Waals surface area contributed by atoms with E-state index in [1.54, 1.807) is 19.1 Å². The molecule has 0 aliphatic heterocycles. The standard InChI is InChI=1S/C15H16FNO/c1-11-9-13(7-8-14(11)16)15(18,10-17)12-5-3-2-4-6-12/h2-9,18H,10,17H2,1H3. The third-order valence-corrected chi connectivity index (χ3v) is 3.18. The lowest BCUT2D eigenvalue weighted by Crippen LogP contribution is -2.36. The highest BCUT2D eigenvalue weighted by Gasteiger charge is 2.30. The maximum atomic E-state index is 13.3. The Bertz CT molecular complexity index is 541. The summed E-state index contributed by atoms with van der Waals surface area (Å²) in [6.45, 7) is 1.71. The van der Waals surface area contributed by atoms with Gasteiger partial charge in [0.25, 0.3) is 0 Å². The highest BCUT2D eigenvalue weighted by Crippen LogP contribution is 2.29. The van der Waals surface area contributed by atoms with Crippen LogP contribution in [0.1, 0.15) is 16.7 Å². The molecule has 0 spiro atoms. The predicted molar refractivity (Wildman–Crippen MR) is 69.6 cm³/mol. The Labute approximate surface area is 106 Å². The maximum Gasteiger partial charge on any atom is 0.127 e. The minimum atomic E-state index is -1.28. The van der Waals surface area contributed by atoms with Crippen molar-refractivity contribution in [1.82, 2.24) is 0 Å². The second-order valence-corrected chi connectivity index (χ2v) is 4.39. The molecule has 3 N–H and O–H groups in total. The monoisotopic (exact) mass is 245 g/mol. The van der Waals surface area contributed by atoms with E-state index in [1.807, 2.05) is 30.3 Å². The van der Waals surface area contributed by atoms with E-state index >= 15 is 0 Å². The van der Waals surface area contributed by atoms with Crippen LogP contribution in [0, 0.1) is 12.7 Å². The second kappa shape index (κ2) is 4.88. The number of nitrogens with two attached hydrogens (primary N) is 1.